The number of rotatable bonds is 2. The highest BCUT2D eigenvalue weighted by Gasteiger charge is 2.39. The van der Waals surface area contributed by atoms with Crippen LogP contribution in [0.4, 0.5) is 10.1 Å². The van der Waals surface area contributed by atoms with Crippen LogP contribution in [0, 0.1) is 11.2 Å². The monoisotopic (exact) mass is 312 g/mol. The number of benzene rings is 1. The van der Waals surface area contributed by atoms with Gasteiger partial charge in [-0.05, 0) is 42.9 Å². The van der Waals surface area contributed by atoms with E-state index in [1.165, 1.54) is 50.7 Å². The molecule has 2 aromatic rings. The van der Waals surface area contributed by atoms with Gasteiger partial charge in [0.25, 0.3) is 0 Å². The molecule has 1 aliphatic heterocycles. The summed E-state index contributed by atoms with van der Waals surface area (Å²) in [6, 6.07) is 4.62. The fourth-order valence-corrected chi connectivity index (χ4v) is 4.44. The van der Waals surface area contributed by atoms with E-state index in [-0.39, 0.29) is 5.82 Å². The average molecular weight is 312 g/mol. The van der Waals surface area contributed by atoms with Crippen LogP contribution in [0.2, 0.25) is 0 Å². The van der Waals surface area contributed by atoms with Crippen molar-refractivity contribution in [1.82, 2.24) is 4.98 Å². The van der Waals surface area contributed by atoms with E-state index in [2.05, 4.69) is 9.88 Å². The minimum atomic E-state index is -0.282. The SMILES string of the molecule is O=Cc1cnc2ccc(F)cc2c1N1CCC2(CCCCC2)C1. The average Bonchev–Trinajstić information content (AvgIpc) is 2.97. The predicted molar refractivity (Wildman–Crippen MR) is 89.4 cm³/mol. The predicted octanol–water partition coefficient (Wildman–Crippen LogP) is 4.35. The van der Waals surface area contributed by atoms with Gasteiger partial charge < -0.3 is 4.90 Å². The Labute approximate surface area is 135 Å². The Morgan fingerprint density at radius 1 is 1.17 bits per heavy atom. The van der Waals surface area contributed by atoms with Gasteiger partial charge in [0, 0.05) is 24.7 Å². The molecule has 120 valence electrons. The molecular formula is C19H21FN2O. The lowest BCUT2D eigenvalue weighted by Crippen LogP contribution is -2.29. The van der Waals surface area contributed by atoms with Crippen molar-refractivity contribution in [3.8, 4) is 0 Å². The smallest absolute Gasteiger partial charge is 0.153 e. The Morgan fingerprint density at radius 2 is 2.00 bits per heavy atom. The highest BCUT2D eigenvalue weighted by Crippen LogP contribution is 2.46. The van der Waals surface area contributed by atoms with Crippen molar-refractivity contribution < 1.29 is 9.18 Å². The summed E-state index contributed by atoms with van der Waals surface area (Å²) in [5.74, 6) is -0.282. The molecule has 0 amide bonds. The summed E-state index contributed by atoms with van der Waals surface area (Å²) in [6.45, 7) is 1.92. The molecule has 1 aliphatic carbocycles. The van der Waals surface area contributed by atoms with E-state index in [0.717, 1.165) is 36.0 Å². The van der Waals surface area contributed by atoms with Crippen molar-refractivity contribution in [3.05, 3.63) is 35.8 Å². The molecule has 3 nitrogen and oxygen atoms in total. The lowest BCUT2D eigenvalue weighted by atomic mass is 9.73. The maximum absolute atomic E-state index is 13.8. The van der Waals surface area contributed by atoms with Gasteiger partial charge in [0.05, 0.1) is 16.8 Å². The third-order valence-electron chi connectivity index (χ3n) is 5.63. The molecule has 23 heavy (non-hydrogen) atoms. The Morgan fingerprint density at radius 3 is 2.78 bits per heavy atom. The van der Waals surface area contributed by atoms with Gasteiger partial charge in [-0.25, -0.2) is 4.39 Å². The third kappa shape index (κ3) is 2.50. The molecule has 0 atom stereocenters. The molecule has 1 spiro atoms. The normalized spacial score (nSPS) is 20.3. The zero-order valence-electron chi connectivity index (χ0n) is 13.2. The van der Waals surface area contributed by atoms with Crippen LogP contribution in [0.5, 0.6) is 0 Å². The summed E-state index contributed by atoms with van der Waals surface area (Å²) < 4.78 is 13.8. The first-order valence-corrected chi connectivity index (χ1v) is 8.49. The van der Waals surface area contributed by atoms with Gasteiger partial charge >= 0.3 is 0 Å². The van der Waals surface area contributed by atoms with Crippen LogP contribution in [0.1, 0.15) is 48.9 Å². The minimum absolute atomic E-state index is 0.282. The molecule has 1 saturated heterocycles. The van der Waals surface area contributed by atoms with Gasteiger partial charge in [-0.3, -0.25) is 9.78 Å². The maximum atomic E-state index is 13.8. The molecule has 4 rings (SSSR count). The second-order valence-corrected chi connectivity index (χ2v) is 7.07. The number of aldehydes is 1. The number of hydrogen-bond donors (Lipinski definition) is 0. The van der Waals surface area contributed by atoms with E-state index in [4.69, 9.17) is 0 Å². The summed E-state index contributed by atoms with van der Waals surface area (Å²) in [7, 11) is 0. The maximum Gasteiger partial charge on any atom is 0.153 e. The first-order chi connectivity index (χ1) is 11.2. The van der Waals surface area contributed by atoms with Crippen molar-refractivity contribution in [2.45, 2.75) is 38.5 Å². The van der Waals surface area contributed by atoms with Crippen molar-refractivity contribution in [2.24, 2.45) is 5.41 Å². The molecule has 2 heterocycles. The zero-order valence-corrected chi connectivity index (χ0v) is 13.2. The largest absolute Gasteiger partial charge is 0.370 e. The lowest BCUT2D eigenvalue weighted by molar-refractivity contribution is 0.112. The summed E-state index contributed by atoms with van der Waals surface area (Å²) >= 11 is 0. The first-order valence-electron chi connectivity index (χ1n) is 8.49. The van der Waals surface area contributed by atoms with Crippen LogP contribution in [0.25, 0.3) is 10.9 Å². The summed E-state index contributed by atoms with van der Waals surface area (Å²) in [5.41, 5.74) is 2.57. The molecule has 4 heteroatoms. The van der Waals surface area contributed by atoms with Gasteiger partial charge in [0.15, 0.2) is 6.29 Å². The van der Waals surface area contributed by atoms with Gasteiger partial charge in [-0.1, -0.05) is 19.3 Å². The highest BCUT2D eigenvalue weighted by atomic mass is 19.1. The number of nitrogens with zero attached hydrogens (tertiary/aromatic N) is 2. The van der Waals surface area contributed by atoms with Gasteiger partial charge in [0.2, 0.25) is 0 Å². The number of carbonyl (C=O) groups is 1. The molecule has 2 aliphatic rings. The Bertz CT molecular complexity index is 752. The van der Waals surface area contributed by atoms with Crippen LogP contribution in [-0.2, 0) is 0 Å². The number of pyridine rings is 1. The topological polar surface area (TPSA) is 33.2 Å². The van der Waals surface area contributed by atoms with E-state index in [1.807, 2.05) is 0 Å². The molecular weight excluding hydrogens is 291 g/mol. The van der Waals surface area contributed by atoms with Crippen LogP contribution < -0.4 is 4.90 Å². The van der Waals surface area contributed by atoms with E-state index in [0.29, 0.717) is 11.0 Å². The Hall–Kier alpha value is -1.97. The van der Waals surface area contributed by atoms with Gasteiger partial charge in [-0.15, -0.1) is 0 Å². The van der Waals surface area contributed by atoms with Crippen molar-refractivity contribution in [2.75, 3.05) is 18.0 Å². The summed E-state index contributed by atoms with van der Waals surface area (Å²) in [6.07, 6.45) is 10.1. The van der Waals surface area contributed by atoms with Crippen LogP contribution in [-0.4, -0.2) is 24.4 Å². The van der Waals surface area contributed by atoms with Crippen molar-refractivity contribution in [3.63, 3.8) is 0 Å². The van der Waals surface area contributed by atoms with E-state index >= 15 is 0 Å². The molecule has 0 radical (unpaired) electrons. The second-order valence-electron chi connectivity index (χ2n) is 7.07. The number of anilines is 1. The van der Waals surface area contributed by atoms with Gasteiger partial charge in [0.1, 0.15) is 5.82 Å². The van der Waals surface area contributed by atoms with Crippen molar-refractivity contribution >= 4 is 22.9 Å². The Kier molecular flexibility index (Phi) is 3.55. The van der Waals surface area contributed by atoms with E-state index in [1.54, 1.807) is 12.3 Å². The molecule has 1 aromatic heterocycles. The van der Waals surface area contributed by atoms with Gasteiger partial charge in [-0.2, -0.15) is 0 Å². The fraction of sp³-hybridized carbons (Fsp3) is 0.474. The van der Waals surface area contributed by atoms with Crippen LogP contribution in [0.15, 0.2) is 24.4 Å². The molecule has 1 saturated carbocycles. The van der Waals surface area contributed by atoms with E-state index in [9.17, 15) is 9.18 Å². The quantitative estimate of drug-likeness (QED) is 0.773. The second kappa shape index (κ2) is 5.59. The highest BCUT2D eigenvalue weighted by molar-refractivity contribution is 6.00. The summed E-state index contributed by atoms with van der Waals surface area (Å²) in [4.78, 5) is 18.1. The van der Waals surface area contributed by atoms with Crippen LogP contribution in [0.3, 0.4) is 0 Å². The molecule has 1 aromatic carbocycles. The molecule has 0 N–H and O–H groups in total. The standard InChI is InChI=1S/C19H21FN2O/c20-15-4-5-17-16(10-15)18(14(12-23)11-21-17)22-9-8-19(13-22)6-2-1-3-7-19/h4-5,10-12H,1-3,6-9,13H2. The summed E-state index contributed by atoms with van der Waals surface area (Å²) in [5, 5.41) is 0.752. The first kappa shape index (κ1) is 14.6. The molecule has 2 fully saturated rings. The van der Waals surface area contributed by atoms with Crippen LogP contribution >= 0.6 is 0 Å². The number of aromatic nitrogens is 1. The third-order valence-corrected chi connectivity index (χ3v) is 5.63. The number of carbonyl (C=O) groups excluding carboxylic acids is 1. The van der Waals surface area contributed by atoms with Crippen molar-refractivity contribution in [1.29, 1.82) is 0 Å². The fourth-order valence-electron chi connectivity index (χ4n) is 4.44. The van der Waals surface area contributed by atoms with E-state index < -0.39 is 0 Å². The molecule has 0 bridgehead atoms. The lowest BCUT2D eigenvalue weighted by Gasteiger charge is -2.34. The number of halogens is 1. The zero-order chi connectivity index (χ0) is 15.9. The Balaban J connectivity index is 1.78. The molecule has 0 unspecified atom stereocenters. The minimum Gasteiger partial charge on any atom is -0.370 e. The number of fused-ring (bicyclic) bond motifs is 1. The number of hydrogen-bond acceptors (Lipinski definition) is 3.